The molecule has 0 saturated carbocycles. The zero-order valence-electron chi connectivity index (χ0n) is 13.0. The first kappa shape index (κ1) is 15.0. The van der Waals surface area contributed by atoms with Crippen molar-refractivity contribution in [1.82, 2.24) is 5.32 Å². The van der Waals surface area contributed by atoms with Crippen molar-refractivity contribution < 1.29 is 14.0 Å². The summed E-state index contributed by atoms with van der Waals surface area (Å²) in [5, 5.41) is 3.79. The maximum Gasteiger partial charge on any atom is 0.287 e. The first-order valence-electron chi connectivity index (χ1n) is 7.45. The summed E-state index contributed by atoms with van der Waals surface area (Å²) in [6.07, 6.45) is 0. The highest BCUT2D eigenvalue weighted by molar-refractivity contribution is 5.96. The van der Waals surface area contributed by atoms with Gasteiger partial charge in [0, 0.05) is 10.9 Å². The minimum Gasteiger partial charge on any atom is -0.451 e. The molecule has 4 nitrogen and oxygen atoms in total. The maximum atomic E-state index is 12.3. The molecule has 0 aliphatic rings. The van der Waals surface area contributed by atoms with E-state index in [4.69, 9.17) is 4.42 Å². The maximum absolute atomic E-state index is 12.3. The number of Topliss-reactive ketones (excluding diaryl/α,β-unsaturated/α-hetero) is 1. The smallest absolute Gasteiger partial charge is 0.287 e. The lowest BCUT2D eigenvalue weighted by Crippen LogP contribution is -2.26. The molecule has 1 atom stereocenters. The van der Waals surface area contributed by atoms with Crippen molar-refractivity contribution in [1.29, 1.82) is 0 Å². The fraction of sp³-hybridized carbons (Fsp3) is 0.158. The standard InChI is InChI=1S/C19H17NO3/c1-12(14-7-5-8-15(10-14)13(2)21)20-19(22)18-11-16-6-3-4-9-17(16)23-18/h3-12H,1-2H3,(H,20,22). The third-order valence-electron chi connectivity index (χ3n) is 3.79. The number of carbonyl (C=O) groups is 2. The van der Waals surface area contributed by atoms with E-state index in [9.17, 15) is 9.59 Å². The third kappa shape index (κ3) is 3.16. The van der Waals surface area contributed by atoms with Crippen molar-refractivity contribution in [3.8, 4) is 0 Å². The van der Waals surface area contributed by atoms with Crippen molar-refractivity contribution >= 4 is 22.7 Å². The summed E-state index contributed by atoms with van der Waals surface area (Å²) in [6.45, 7) is 3.40. The van der Waals surface area contributed by atoms with Crippen LogP contribution in [0.2, 0.25) is 0 Å². The van der Waals surface area contributed by atoms with Gasteiger partial charge in [0.25, 0.3) is 5.91 Å². The van der Waals surface area contributed by atoms with Crippen LogP contribution in [-0.4, -0.2) is 11.7 Å². The molecule has 1 unspecified atom stereocenters. The van der Waals surface area contributed by atoms with E-state index in [1.807, 2.05) is 43.3 Å². The molecule has 0 saturated heterocycles. The number of ketones is 1. The van der Waals surface area contributed by atoms with Crippen LogP contribution in [0.1, 0.15) is 46.4 Å². The highest BCUT2D eigenvalue weighted by Crippen LogP contribution is 2.20. The molecule has 0 aliphatic carbocycles. The predicted octanol–water partition coefficient (Wildman–Crippen LogP) is 4.13. The van der Waals surface area contributed by atoms with Gasteiger partial charge in [-0.3, -0.25) is 9.59 Å². The molecule has 1 amide bonds. The minimum atomic E-state index is -0.276. The van der Waals surface area contributed by atoms with Crippen LogP contribution in [0.4, 0.5) is 0 Å². The van der Waals surface area contributed by atoms with E-state index in [1.165, 1.54) is 6.92 Å². The Labute approximate surface area is 134 Å². The number of hydrogen-bond donors (Lipinski definition) is 1. The minimum absolute atomic E-state index is 0.00246. The number of fused-ring (bicyclic) bond motifs is 1. The first-order chi connectivity index (χ1) is 11.0. The van der Waals surface area contributed by atoms with E-state index in [0.717, 1.165) is 10.9 Å². The van der Waals surface area contributed by atoms with Crippen molar-refractivity contribution in [3.63, 3.8) is 0 Å². The molecule has 116 valence electrons. The normalized spacial score (nSPS) is 12.1. The Hall–Kier alpha value is -2.88. The van der Waals surface area contributed by atoms with Crippen molar-refractivity contribution in [2.45, 2.75) is 19.9 Å². The summed E-state index contributed by atoms with van der Waals surface area (Å²) in [7, 11) is 0. The number of nitrogens with one attached hydrogen (secondary N) is 1. The predicted molar refractivity (Wildman–Crippen MR) is 88.5 cm³/mol. The van der Waals surface area contributed by atoms with Crippen LogP contribution in [0.15, 0.2) is 59.0 Å². The average Bonchev–Trinajstić information content (AvgIpc) is 2.99. The van der Waals surface area contributed by atoms with Crippen LogP contribution in [0.5, 0.6) is 0 Å². The molecule has 1 heterocycles. The van der Waals surface area contributed by atoms with Crippen LogP contribution in [0.3, 0.4) is 0 Å². The molecule has 0 spiro atoms. The van der Waals surface area contributed by atoms with Gasteiger partial charge in [-0.1, -0.05) is 36.4 Å². The largest absolute Gasteiger partial charge is 0.451 e. The molecule has 0 aliphatic heterocycles. The summed E-state index contributed by atoms with van der Waals surface area (Å²) in [6, 6.07) is 16.2. The molecular weight excluding hydrogens is 290 g/mol. The number of para-hydroxylation sites is 1. The van der Waals surface area contributed by atoms with Gasteiger partial charge in [0.05, 0.1) is 6.04 Å². The zero-order valence-corrected chi connectivity index (χ0v) is 13.0. The van der Waals surface area contributed by atoms with Crippen molar-refractivity contribution in [2.75, 3.05) is 0 Å². The first-order valence-corrected chi connectivity index (χ1v) is 7.45. The third-order valence-corrected chi connectivity index (χ3v) is 3.79. The summed E-state index contributed by atoms with van der Waals surface area (Å²) in [4.78, 5) is 23.8. The van der Waals surface area contributed by atoms with E-state index in [-0.39, 0.29) is 23.5 Å². The van der Waals surface area contributed by atoms with Gasteiger partial charge in [-0.15, -0.1) is 0 Å². The lowest BCUT2D eigenvalue weighted by molar-refractivity contribution is 0.0914. The Morgan fingerprint density at radius 1 is 1.04 bits per heavy atom. The van der Waals surface area contributed by atoms with E-state index < -0.39 is 0 Å². The Morgan fingerprint density at radius 3 is 2.57 bits per heavy atom. The van der Waals surface area contributed by atoms with Crippen molar-refractivity contribution in [3.05, 3.63) is 71.5 Å². The van der Waals surface area contributed by atoms with E-state index in [1.54, 1.807) is 18.2 Å². The monoisotopic (exact) mass is 307 g/mol. The summed E-state index contributed by atoms with van der Waals surface area (Å²) in [5.74, 6) is 0.00496. The molecule has 0 radical (unpaired) electrons. The molecule has 2 aromatic carbocycles. The molecule has 3 rings (SSSR count). The van der Waals surface area contributed by atoms with Crippen LogP contribution >= 0.6 is 0 Å². The van der Waals surface area contributed by atoms with E-state index in [2.05, 4.69) is 5.32 Å². The summed E-state index contributed by atoms with van der Waals surface area (Å²) in [5.41, 5.74) is 2.19. The zero-order chi connectivity index (χ0) is 16.4. The Morgan fingerprint density at radius 2 is 1.83 bits per heavy atom. The molecule has 4 heteroatoms. The number of amides is 1. The average molecular weight is 307 g/mol. The molecule has 0 fully saturated rings. The van der Waals surface area contributed by atoms with Crippen LogP contribution in [0, 0.1) is 0 Å². The fourth-order valence-electron chi connectivity index (χ4n) is 2.47. The van der Waals surface area contributed by atoms with Gasteiger partial charge in [-0.05, 0) is 37.6 Å². The van der Waals surface area contributed by atoms with Crippen molar-refractivity contribution in [2.24, 2.45) is 0 Å². The van der Waals surface area contributed by atoms with E-state index in [0.29, 0.717) is 11.1 Å². The van der Waals surface area contributed by atoms with Gasteiger partial charge in [0.2, 0.25) is 0 Å². The van der Waals surface area contributed by atoms with Gasteiger partial charge in [-0.25, -0.2) is 0 Å². The lowest BCUT2D eigenvalue weighted by Gasteiger charge is -2.14. The Bertz CT molecular complexity index is 846. The van der Waals surface area contributed by atoms with Crippen LogP contribution in [0.25, 0.3) is 11.0 Å². The highest BCUT2D eigenvalue weighted by atomic mass is 16.3. The number of hydrogen-bond acceptors (Lipinski definition) is 3. The molecule has 0 bridgehead atoms. The van der Waals surface area contributed by atoms with Crippen LogP contribution in [-0.2, 0) is 0 Å². The molecule has 1 N–H and O–H groups in total. The molecule has 3 aromatic rings. The lowest BCUT2D eigenvalue weighted by atomic mass is 10.0. The Balaban J connectivity index is 1.79. The quantitative estimate of drug-likeness (QED) is 0.737. The molecule has 23 heavy (non-hydrogen) atoms. The number of furan rings is 1. The SMILES string of the molecule is CC(=O)c1cccc(C(C)NC(=O)c2cc3ccccc3o2)c1. The Kier molecular flexibility index (Phi) is 3.98. The summed E-state index contributed by atoms with van der Waals surface area (Å²) >= 11 is 0. The van der Waals surface area contributed by atoms with Gasteiger partial charge in [0.1, 0.15) is 5.58 Å². The van der Waals surface area contributed by atoms with Gasteiger partial charge in [-0.2, -0.15) is 0 Å². The van der Waals surface area contributed by atoms with Gasteiger partial charge in [0.15, 0.2) is 11.5 Å². The molecular formula is C19H17NO3. The second-order valence-electron chi connectivity index (χ2n) is 5.53. The highest BCUT2D eigenvalue weighted by Gasteiger charge is 2.16. The van der Waals surface area contributed by atoms with Gasteiger partial charge < -0.3 is 9.73 Å². The van der Waals surface area contributed by atoms with E-state index >= 15 is 0 Å². The number of benzene rings is 2. The van der Waals surface area contributed by atoms with Crippen LogP contribution < -0.4 is 5.32 Å². The molecule has 1 aromatic heterocycles. The topological polar surface area (TPSA) is 59.3 Å². The second-order valence-corrected chi connectivity index (χ2v) is 5.53. The number of rotatable bonds is 4. The second kappa shape index (κ2) is 6.08. The van der Waals surface area contributed by atoms with Gasteiger partial charge >= 0.3 is 0 Å². The summed E-state index contributed by atoms with van der Waals surface area (Å²) < 4.78 is 5.56. The number of carbonyl (C=O) groups excluding carboxylic acids is 2. The fourth-order valence-corrected chi connectivity index (χ4v) is 2.47.